The molecular weight excluding hydrogens is 630 g/mol. The van der Waals surface area contributed by atoms with E-state index in [1.165, 1.54) is 116 Å². The minimum atomic E-state index is -1.13. The number of rotatable bonds is 37. The van der Waals surface area contributed by atoms with Crippen molar-refractivity contribution in [1.29, 1.82) is 0 Å². The van der Waals surface area contributed by atoms with Crippen LogP contribution in [0.4, 0.5) is 0 Å². The molecule has 8 heteroatoms. The Labute approximate surface area is 308 Å². The van der Waals surface area contributed by atoms with Gasteiger partial charge in [-0.25, -0.2) is 0 Å². The Hall–Kier alpha value is -1.93. The maximum absolute atomic E-state index is 12.6. The van der Waals surface area contributed by atoms with Crippen LogP contribution in [0.15, 0.2) is 12.2 Å². The van der Waals surface area contributed by atoms with Gasteiger partial charge in [-0.15, -0.1) is 0 Å². The first-order valence-electron chi connectivity index (χ1n) is 20.7. The van der Waals surface area contributed by atoms with Crippen molar-refractivity contribution in [3.63, 3.8) is 0 Å². The van der Waals surface area contributed by atoms with Crippen molar-refractivity contribution in [2.75, 3.05) is 41.0 Å². The number of carboxylic acid groups (broad SMARTS) is 1. The van der Waals surface area contributed by atoms with Crippen LogP contribution in [-0.2, 0) is 28.6 Å². The van der Waals surface area contributed by atoms with E-state index in [0.717, 1.165) is 32.1 Å². The molecule has 0 aromatic rings. The molecule has 0 aliphatic rings. The molecule has 0 spiro atoms. The number of carbonyl (C=O) groups excluding carboxylic acids is 3. The van der Waals surface area contributed by atoms with Crippen LogP contribution in [0.2, 0.25) is 0 Å². The van der Waals surface area contributed by atoms with Crippen molar-refractivity contribution in [2.24, 2.45) is 0 Å². The highest BCUT2D eigenvalue weighted by Gasteiger charge is 2.25. The van der Waals surface area contributed by atoms with Gasteiger partial charge >= 0.3 is 11.9 Å². The van der Waals surface area contributed by atoms with Gasteiger partial charge in [0.2, 0.25) is 0 Å². The average molecular weight is 710 g/mol. The van der Waals surface area contributed by atoms with Crippen molar-refractivity contribution < 1.29 is 38.2 Å². The zero-order chi connectivity index (χ0) is 37.1. The number of ether oxygens (including phenoxy) is 3. The molecule has 8 nitrogen and oxygen atoms in total. The first kappa shape index (κ1) is 48.1. The summed E-state index contributed by atoms with van der Waals surface area (Å²) in [5, 5.41) is 11.6. The average Bonchev–Trinajstić information content (AvgIpc) is 3.06. The summed E-state index contributed by atoms with van der Waals surface area (Å²) in [6.07, 6.45) is 34.1. The molecule has 0 aromatic heterocycles. The van der Waals surface area contributed by atoms with Crippen molar-refractivity contribution in [3.8, 4) is 0 Å². The number of hydrogen-bond acceptors (Lipinski definition) is 7. The topological polar surface area (TPSA) is 102 Å². The Bertz CT molecular complexity index is 838. The minimum Gasteiger partial charge on any atom is -0.544 e. The second kappa shape index (κ2) is 34.2. The quantitative estimate of drug-likeness (QED) is 0.0274. The van der Waals surface area contributed by atoms with Crippen LogP contribution < -0.4 is 5.11 Å². The summed E-state index contributed by atoms with van der Waals surface area (Å²) in [7, 11) is 5.39. The molecule has 2 atom stereocenters. The number of carboxylic acids is 1. The van der Waals surface area contributed by atoms with Gasteiger partial charge in [0.15, 0.2) is 6.10 Å². The van der Waals surface area contributed by atoms with E-state index in [1.807, 2.05) is 6.08 Å². The predicted octanol–water partition coefficient (Wildman–Crippen LogP) is 9.41. The van der Waals surface area contributed by atoms with E-state index in [-0.39, 0.29) is 49.1 Å². The molecule has 0 saturated carbocycles. The summed E-state index contributed by atoms with van der Waals surface area (Å²) in [5.74, 6) is -1.79. The fourth-order valence-corrected chi connectivity index (χ4v) is 6.15. The number of allylic oxidation sites excluding steroid dienone is 2. The van der Waals surface area contributed by atoms with Crippen LogP contribution in [0.25, 0.3) is 0 Å². The van der Waals surface area contributed by atoms with E-state index in [1.54, 1.807) is 21.1 Å². The van der Waals surface area contributed by atoms with Gasteiger partial charge in [-0.05, 0) is 25.7 Å². The highest BCUT2D eigenvalue weighted by atomic mass is 16.6. The molecule has 0 aromatic carbocycles. The number of carbonyl (C=O) groups is 3. The van der Waals surface area contributed by atoms with Crippen molar-refractivity contribution in [2.45, 2.75) is 199 Å². The van der Waals surface area contributed by atoms with Gasteiger partial charge in [0.05, 0.1) is 40.3 Å². The maximum atomic E-state index is 12.6. The Morgan fingerprint density at radius 3 is 1.52 bits per heavy atom. The Balaban J connectivity index is 4.22. The van der Waals surface area contributed by atoms with Gasteiger partial charge in [0.25, 0.3) is 0 Å². The lowest BCUT2D eigenvalue weighted by atomic mass is 10.0. The van der Waals surface area contributed by atoms with Crippen LogP contribution in [0.5, 0.6) is 0 Å². The lowest BCUT2D eigenvalue weighted by Crippen LogP contribution is -2.55. The van der Waals surface area contributed by atoms with Gasteiger partial charge in [-0.2, -0.15) is 0 Å². The third-order valence-electron chi connectivity index (χ3n) is 9.42. The number of likely N-dealkylation sites (N-methyl/N-ethyl adjacent to an activating group) is 1. The number of hydrogen-bond donors (Lipinski definition) is 0. The second-order valence-electron chi connectivity index (χ2n) is 15.2. The van der Waals surface area contributed by atoms with Crippen molar-refractivity contribution >= 4 is 17.9 Å². The normalized spacial score (nSPS) is 13.1. The van der Waals surface area contributed by atoms with E-state index in [2.05, 4.69) is 19.9 Å². The highest BCUT2D eigenvalue weighted by molar-refractivity contribution is 5.70. The molecule has 0 aliphatic carbocycles. The van der Waals surface area contributed by atoms with Gasteiger partial charge in [-0.1, -0.05) is 154 Å². The summed E-state index contributed by atoms with van der Waals surface area (Å²) in [5.41, 5.74) is 0. The molecule has 0 bridgehead atoms. The second-order valence-corrected chi connectivity index (χ2v) is 15.2. The minimum absolute atomic E-state index is 0.0342. The fourth-order valence-electron chi connectivity index (χ4n) is 6.15. The van der Waals surface area contributed by atoms with Crippen LogP contribution in [0.1, 0.15) is 187 Å². The molecule has 0 N–H and O–H groups in total. The first-order valence-corrected chi connectivity index (χ1v) is 20.7. The van der Waals surface area contributed by atoms with Crippen LogP contribution in [-0.4, -0.2) is 75.5 Å². The van der Waals surface area contributed by atoms with Crippen molar-refractivity contribution in [1.82, 2.24) is 0 Å². The lowest BCUT2D eigenvalue weighted by Gasteiger charge is -2.34. The number of unbranched alkanes of at least 4 members (excludes halogenated alkanes) is 21. The zero-order valence-corrected chi connectivity index (χ0v) is 33.3. The third-order valence-corrected chi connectivity index (χ3v) is 9.42. The third kappa shape index (κ3) is 32.0. The van der Waals surface area contributed by atoms with E-state index < -0.39 is 18.1 Å². The molecule has 0 heterocycles. The molecule has 0 saturated heterocycles. The monoisotopic (exact) mass is 710 g/mol. The summed E-state index contributed by atoms with van der Waals surface area (Å²) >= 11 is 0. The summed E-state index contributed by atoms with van der Waals surface area (Å²) < 4.78 is 17.0. The summed E-state index contributed by atoms with van der Waals surface area (Å²) in [6.45, 7) is 4.57. The molecule has 2 unspecified atom stereocenters. The molecule has 0 amide bonds. The largest absolute Gasteiger partial charge is 0.544 e. The van der Waals surface area contributed by atoms with Gasteiger partial charge < -0.3 is 28.6 Å². The van der Waals surface area contributed by atoms with Gasteiger partial charge in [0.1, 0.15) is 12.6 Å². The Morgan fingerprint density at radius 1 is 0.580 bits per heavy atom. The van der Waals surface area contributed by atoms with E-state index in [4.69, 9.17) is 14.2 Å². The lowest BCUT2D eigenvalue weighted by molar-refractivity contribution is -0.889. The molecule has 0 aliphatic heterocycles. The molecular formula is C42H79NO7. The van der Waals surface area contributed by atoms with Crippen LogP contribution in [0.3, 0.4) is 0 Å². The highest BCUT2D eigenvalue weighted by Crippen LogP contribution is 2.15. The number of nitrogens with zero attached hydrogens (tertiary/aromatic N) is 1. The molecule has 0 rings (SSSR count). The van der Waals surface area contributed by atoms with E-state index in [9.17, 15) is 19.5 Å². The fraction of sp³-hybridized carbons (Fsp3) is 0.881. The maximum Gasteiger partial charge on any atom is 0.306 e. The van der Waals surface area contributed by atoms with E-state index >= 15 is 0 Å². The number of esters is 2. The Kier molecular flexibility index (Phi) is 32.9. The molecule has 0 fully saturated rings. The molecule has 50 heavy (non-hydrogen) atoms. The molecule has 0 radical (unpaired) electrons. The van der Waals surface area contributed by atoms with E-state index in [0.29, 0.717) is 12.8 Å². The summed E-state index contributed by atoms with van der Waals surface area (Å²) in [4.78, 5) is 36.5. The summed E-state index contributed by atoms with van der Waals surface area (Å²) in [6, 6.07) is -0.724. The SMILES string of the molecule is CCCCC/C=C/CCC(=O)OCC(COCCC(C(=O)[O-])[N+](C)(C)C)OC(=O)CCCCCCCCCCCCCCCCCCCCC. The van der Waals surface area contributed by atoms with Gasteiger partial charge in [0, 0.05) is 19.3 Å². The van der Waals surface area contributed by atoms with Crippen molar-refractivity contribution in [3.05, 3.63) is 12.2 Å². The number of quaternary nitrogens is 1. The van der Waals surface area contributed by atoms with Crippen LogP contribution >= 0.6 is 0 Å². The standard InChI is InChI=1S/C42H79NO7/c1-6-8-10-12-14-15-16-17-18-19-20-21-22-23-24-25-27-29-31-33-41(45)50-38(36-48-35-34-39(42(46)47)43(3,4)5)37-49-40(44)32-30-28-26-13-11-9-7-2/h26,28,38-39H,6-25,27,29-37H2,1-5H3/b28-26+. The first-order chi connectivity index (χ1) is 24.1. The van der Waals surface area contributed by atoms with Crippen LogP contribution in [0, 0.1) is 0 Å². The smallest absolute Gasteiger partial charge is 0.306 e. The Morgan fingerprint density at radius 2 is 1.04 bits per heavy atom. The zero-order valence-electron chi connectivity index (χ0n) is 33.3. The predicted molar refractivity (Wildman–Crippen MR) is 204 cm³/mol. The van der Waals surface area contributed by atoms with Gasteiger partial charge in [-0.3, -0.25) is 9.59 Å². The number of aliphatic carboxylic acids is 1. The molecule has 294 valence electrons.